The molecule has 180 valence electrons. The maximum atomic E-state index is 13.4. The van der Waals surface area contributed by atoms with Crippen LogP contribution in [0.4, 0.5) is 14.5 Å². The molecular formula is C25H22F2N4O3S. The normalized spacial score (nSPS) is 15.4. The molecule has 1 amide bonds. The van der Waals surface area contributed by atoms with Gasteiger partial charge in [0.05, 0.1) is 15.9 Å². The van der Waals surface area contributed by atoms with Gasteiger partial charge in [-0.15, -0.1) is 0 Å². The maximum absolute atomic E-state index is 13.4. The van der Waals surface area contributed by atoms with Gasteiger partial charge in [-0.2, -0.15) is 4.31 Å². The molecule has 1 aromatic heterocycles. The molecule has 1 aliphatic heterocycles. The van der Waals surface area contributed by atoms with Crippen molar-refractivity contribution in [3.8, 4) is 0 Å². The number of rotatable bonds is 5. The van der Waals surface area contributed by atoms with Crippen LogP contribution in [-0.2, 0) is 10.0 Å². The Morgan fingerprint density at radius 1 is 0.971 bits per heavy atom. The van der Waals surface area contributed by atoms with Crippen molar-refractivity contribution in [1.29, 1.82) is 0 Å². The number of aromatic amines is 1. The number of sulfonamides is 1. The summed E-state index contributed by atoms with van der Waals surface area (Å²) in [7, 11) is -3.70. The van der Waals surface area contributed by atoms with Gasteiger partial charge >= 0.3 is 0 Å². The lowest BCUT2D eigenvalue weighted by Crippen LogP contribution is -2.38. The van der Waals surface area contributed by atoms with Crippen LogP contribution in [0.3, 0.4) is 0 Å². The first kappa shape index (κ1) is 23.1. The Morgan fingerprint density at radius 3 is 2.37 bits per heavy atom. The van der Waals surface area contributed by atoms with Crippen molar-refractivity contribution in [3.05, 3.63) is 89.8 Å². The number of benzene rings is 3. The molecule has 0 aliphatic carbocycles. The van der Waals surface area contributed by atoms with Crippen molar-refractivity contribution in [2.75, 3.05) is 18.4 Å². The summed E-state index contributed by atoms with van der Waals surface area (Å²) in [5.41, 5.74) is 2.15. The van der Waals surface area contributed by atoms with E-state index in [1.54, 1.807) is 0 Å². The molecule has 3 aromatic carbocycles. The van der Waals surface area contributed by atoms with Gasteiger partial charge in [0.2, 0.25) is 10.0 Å². The molecule has 0 saturated carbocycles. The van der Waals surface area contributed by atoms with Gasteiger partial charge in [-0.05, 0) is 67.4 Å². The van der Waals surface area contributed by atoms with Crippen molar-refractivity contribution in [2.45, 2.75) is 23.7 Å². The van der Waals surface area contributed by atoms with E-state index in [0.29, 0.717) is 31.6 Å². The monoisotopic (exact) mass is 496 g/mol. The van der Waals surface area contributed by atoms with E-state index in [2.05, 4.69) is 15.3 Å². The second-order valence-electron chi connectivity index (χ2n) is 8.42. The Hall–Kier alpha value is -3.63. The van der Waals surface area contributed by atoms with E-state index in [4.69, 9.17) is 0 Å². The smallest absolute Gasteiger partial charge is 0.255 e. The minimum Gasteiger partial charge on any atom is -0.342 e. The van der Waals surface area contributed by atoms with Gasteiger partial charge < -0.3 is 10.3 Å². The number of nitrogens with zero attached hydrogens (tertiary/aromatic N) is 2. The van der Waals surface area contributed by atoms with Crippen molar-refractivity contribution in [1.82, 2.24) is 14.3 Å². The van der Waals surface area contributed by atoms with Gasteiger partial charge in [0.1, 0.15) is 5.82 Å². The van der Waals surface area contributed by atoms with E-state index in [-0.39, 0.29) is 16.4 Å². The Kier molecular flexibility index (Phi) is 6.08. The molecule has 5 rings (SSSR count). The van der Waals surface area contributed by atoms with Crippen LogP contribution in [0.1, 0.15) is 34.9 Å². The fraction of sp³-hybridized carbons (Fsp3) is 0.200. The largest absolute Gasteiger partial charge is 0.342 e. The number of halogens is 2. The van der Waals surface area contributed by atoms with Gasteiger partial charge in [0.25, 0.3) is 5.91 Å². The number of amides is 1. The first-order valence-corrected chi connectivity index (χ1v) is 12.6. The number of para-hydroxylation sites is 2. The highest BCUT2D eigenvalue weighted by Crippen LogP contribution is 2.30. The number of anilines is 1. The van der Waals surface area contributed by atoms with Gasteiger partial charge in [0, 0.05) is 30.3 Å². The van der Waals surface area contributed by atoms with Gasteiger partial charge in [-0.1, -0.05) is 12.1 Å². The van der Waals surface area contributed by atoms with Crippen LogP contribution < -0.4 is 5.32 Å². The number of nitrogens with one attached hydrogen (secondary N) is 2. The van der Waals surface area contributed by atoms with Crippen LogP contribution in [0.5, 0.6) is 0 Å². The highest BCUT2D eigenvalue weighted by molar-refractivity contribution is 7.89. The Labute approximate surface area is 200 Å². The number of imidazole rings is 1. The molecule has 7 nitrogen and oxygen atoms in total. The molecule has 2 heterocycles. The highest BCUT2D eigenvalue weighted by atomic mass is 32.2. The second kappa shape index (κ2) is 9.20. The molecule has 4 aromatic rings. The minimum absolute atomic E-state index is 0.0482. The molecule has 1 fully saturated rings. The first-order chi connectivity index (χ1) is 16.8. The number of hydrogen-bond acceptors (Lipinski definition) is 4. The average molecular weight is 497 g/mol. The topological polar surface area (TPSA) is 95.2 Å². The van der Waals surface area contributed by atoms with Crippen LogP contribution in [0.25, 0.3) is 11.0 Å². The number of fused-ring (bicyclic) bond motifs is 1. The Balaban J connectivity index is 1.23. The minimum atomic E-state index is -3.70. The molecular weight excluding hydrogens is 474 g/mol. The van der Waals surface area contributed by atoms with Crippen LogP contribution >= 0.6 is 0 Å². The lowest BCUT2D eigenvalue weighted by molar-refractivity contribution is 0.102. The van der Waals surface area contributed by atoms with E-state index < -0.39 is 27.6 Å². The number of piperidine rings is 1. The summed E-state index contributed by atoms with van der Waals surface area (Å²) in [5, 5.41) is 2.55. The standard InChI is InChI=1S/C25H22F2N4O3S/c26-20-10-5-17(15-21(20)27)25(32)28-18-6-8-19(9-7-18)35(33,34)31-13-11-16(12-14-31)24-29-22-3-1-2-4-23(22)30-24/h1-10,15-16H,11-14H2,(H,28,32)(H,29,30). The van der Waals surface area contributed by atoms with Crippen molar-refractivity contribution >= 4 is 32.7 Å². The molecule has 35 heavy (non-hydrogen) atoms. The van der Waals surface area contributed by atoms with Crippen molar-refractivity contribution in [2.24, 2.45) is 0 Å². The quantitative estimate of drug-likeness (QED) is 0.420. The zero-order valence-corrected chi connectivity index (χ0v) is 19.4. The molecule has 0 unspecified atom stereocenters. The van der Waals surface area contributed by atoms with Crippen LogP contribution in [0, 0.1) is 11.6 Å². The van der Waals surface area contributed by atoms with E-state index in [1.807, 2.05) is 24.3 Å². The third-order valence-corrected chi connectivity index (χ3v) is 8.09. The summed E-state index contributed by atoms with van der Waals surface area (Å²) in [5.74, 6) is -1.76. The summed E-state index contributed by atoms with van der Waals surface area (Å²) < 4.78 is 54.2. The first-order valence-electron chi connectivity index (χ1n) is 11.1. The third-order valence-electron chi connectivity index (χ3n) is 6.18. The fourth-order valence-corrected chi connectivity index (χ4v) is 5.71. The summed E-state index contributed by atoms with van der Waals surface area (Å²) in [4.78, 5) is 20.4. The third kappa shape index (κ3) is 4.67. The van der Waals surface area contributed by atoms with Crippen LogP contribution in [-0.4, -0.2) is 41.7 Å². The molecule has 0 bridgehead atoms. The average Bonchev–Trinajstić information content (AvgIpc) is 3.30. The predicted molar refractivity (Wildman–Crippen MR) is 128 cm³/mol. The lowest BCUT2D eigenvalue weighted by Gasteiger charge is -2.30. The fourth-order valence-electron chi connectivity index (χ4n) is 4.24. The molecule has 1 aliphatic rings. The molecule has 1 saturated heterocycles. The molecule has 0 radical (unpaired) electrons. The number of aromatic nitrogens is 2. The zero-order chi connectivity index (χ0) is 24.6. The summed E-state index contributed by atoms with van der Waals surface area (Å²) in [6.45, 7) is 0.747. The van der Waals surface area contributed by atoms with Crippen molar-refractivity contribution < 1.29 is 22.0 Å². The Morgan fingerprint density at radius 2 is 1.69 bits per heavy atom. The number of carbonyl (C=O) groups is 1. The zero-order valence-electron chi connectivity index (χ0n) is 18.5. The molecule has 10 heteroatoms. The highest BCUT2D eigenvalue weighted by Gasteiger charge is 2.31. The van der Waals surface area contributed by atoms with Gasteiger partial charge in [-0.25, -0.2) is 22.2 Å². The van der Waals surface area contributed by atoms with E-state index in [9.17, 15) is 22.0 Å². The predicted octanol–water partition coefficient (Wildman–Crippen LogP) is 4.66. The van der Waals surface area contributed by atoms with Gasteiger partial charge in [-0.3, -0.25) is 4.79 Å². The SMILES string of the molecule is O=C(Nc1ccc(S(=O)(=O)N2CCC(c3nc4ccccc4[nH]3)CC2)cc1)c1ccc(F)c(F)c1. The van der Waals surface area contributed by atoms with Gasteiger partial charge in [0.15, 0.2) is 11.6 Å². The molecule has 2 N–H and O–H groups in total. The van der Waals surface area contributed by atoms with E-state index in [1.165, 1.54) is 34.6 Å². The maximum Gasteiger partial charge on any atom is 0.255 e. The summed E-state index contributed by atoms with van der Waals surface area (Å²) in [6.07, 6.45) is 1.31. The van der Waals surface area contributed by atoms with Crippen LogP contribution in [0.2, 0.25) is 0 Å². The van der Waals surface area contributed by atoms with Crippen molar-refractivity contribution in [3.63, 3.8) is 0 Å². The second-order valence-corrected chi connectivity index (χ2v) is 10.4. The lowest BCUT2D eigenvalue weighted by atomic mass is 9.97. The number of H-pyrrole nitrogens is 1. The van der Waals surface area contributed by atoms with E-state index in [0.717, 1.165) is 29.0 Å². The van der Waals surface area contributed by atoms with E-state index >= 15 is 0 Å². The Bertz CT molecular complexity index is 1460. The molecule has 0 spiro atoms. The number of hydrogen-bond donors (Lipinski definition) is 2. The number of carbonyl (C=O) groups excluding carboxylic acids is 1. The van der Waals surface area contributed by atoms with Crippen LogP contribution in [0.15, 0.2) is 71.6 Å². The summed E-state index contributed by atoms with van der Waals surface area (Å²) in [6, 6.07) is 16.4. The summed E-state index contributed by atoms with van der Waals surface area (Å²) >= 11 is 0. The molecule has 0 atom stereocenters.